The molecule has 2 heterocycles. The van der Waals surface area contributed by atoms with E-state index in [1.54, 1.807) is 16.5 Å². The smallest absolute Gasteiger partial charge is 0.322 e. The molecule has 22 heavy (non-hydrogen) atoms. The van der Waals surface area contributed by atoms with Crippen molar-refractivity contribution in [1.82, 2.24) is 14.2 Å². The molecule has 9 heteroatoms. The van der Waals surface area contributed by atoms with Crippen LogP contribution < -0.4 is 5.32 Å². The van der Waals surface area contributed by atoms with Crippen molar-refractivity contribution < 1.29 is 13.2 Å². The van der Waals surface area contributed by atoms with Crippen LogP contribution in [0.5, 0.6) is 0 Å². The van der Waals surface area contributed by atoms with E-state index in [2.05, 4.69) is 10.3 Å². The second kappa shape index (κ2) is 7.89. The van der Waals surface area contributed by atoms with E-state index in [0.29, 0.717) is 37.7 Å². The lowest BCUT2D eigenvalue weighted by atomic mass is 10.3. The SMILES string of the molecule is CCCCCS(=O)(=O)N1CCN(C(=O)Nc2nccs2)CC1. The number of sulfonamides is 1. The summed E-state index contributed by atoms with van der Waals surface area (Å²) in [5.41, 5.74) is 0. The summed E-state index contributed by atoms with van der Waals surface area (Å²) in [5, 5.41) is 5.06. The first kappa shape index (κ1) is 17.2. The molecule has 1 N–H and O–H groups in total. The predicted molar refractivity (Wildman–Crippen MR) is 87.6 cm³/mol. The summed E-state index contributed by atoms with van der Waals surface area (Å²) in [4.78, 5) is 17.7. The first-order chi connectivity index (χ1) is 10.5. The molecule has 1 aliphatic rings. The van der Waals surface area contributed by atoms with Crippen LogP contribution in [0.4, 0.5) is 9.93 Å². The van der Waals surface area contributed by atoms with Gasteiger partial charge in [0.15, 0.2) is 5.13 Å². The minimum Gasteiger partial charge on any atom is -0.322 e. The van der Waals surface area contributed by atoms with Gasteiger partial charge in [0.2, 0.25) is 10.0 Å². The van der Waals surface area contributed by atoms with E-state index < -0.39 is 10.0 Å². The van der Waals surface area contributed by atoms with Gasteiger partial charge in [0.05, 0.1) is 5.75 Å². The van der Waals surface area contributed by atoms with Gasteiger partial charge in [0, 0.05) is 37.8 Å². The van der Waals surface area contributed by atoms with Crippen LogP contribution in [0.15, 0.2) is 11.6 Å². The van der Waals surface area contributed by atoms with Gasteiger partial charge in [-0.3, -0.25) is 5.32 Å². The lowest BCUT2D eigenvalue weighted by Crippen LogP contribution is -2.52. The van der Waals surface area contributed by atoms with Gasteiger partial charge < -0.3 is 4.90 Å². The standard InChI is InChI=1S/C13H22N4O3S2/c1-2-3-4-11-22(19,20)17-8-6-16(7-9-17)13(18)15-12-14-5-10-21-12/h5,10H,2-4,6-9,11H2,1H3,(H,14,15,18). The number of amides is 2. The first-order valence-corrected chi connectivity index (χ1v) is 9.95. The minimum absolute atomic E-state index is 0.201. The maximum atomic E-state index is 12.2. The number of anilines is 1. The van der Waals surface area contributed by atoms with Crippen molar-refractivity contribution in [2.24, 2.45) is 0 Å². The lowest BCUT2D eigenvalue weighted by molar-refractivity contribution is 0.184. The van der Waals surface area contributed by atoms with Crippen LogP contribution in [0, 0.1) is 0 Å². The number of thiazole rings is 1. The van der Waals surface area contributed by atoms with Crippen LogP contribution >= 0.6 is 11.3 Å². The molecule has 0 radical (unpaired) electrons. The number of hydrogen-bond acceptors (Lipinski definition) is 5. The first-order valence-electron chi connectivity index (χ1n) is 7.46. The molecular weight excluding hydrogens is 324 g/mol. The maximum Gasteiger partial charge on any atom is 0.323 e. The molecule has 0 aromatic carbocycles. The summed E-state index contributed by atoms with van der Waals surface area (Å²) < 4.78 is 25.9. The number of unbranched alkanes of at least 4 members (excludes halogenated alkanes) is 2. The highest BCUT2D eigenvalue weighted by Gasteiger charge is 2.28. The zero-order valence-corrected chi connectivity index (χ0v) is 14.3. The van der Waals surface area contributed by atoms with E-state index in [1.165, 1.54) is 15.6 Å². The fourth-order valence-electron chi connectivity index (χ4n) is 2.29. The van der Waals surface area contributed by atoms with Gasteiger partial charge in [0.1, 0.15) is 0 Å². The molecule has 1 aromatic rings. The van der Waals surface area contributed by atoms with Crippen molar-refractivity contribution >= 4 is 32.5 Å². The van der Waals surface area contributed by atoms with Crippen molar-refractivity contribution in [2.75, 3.05) is 37.2 Å². The molecule has 1 aromatic heterocycles. The van der Waals surface area contributed by atoms with E-state index >= 15 is 0 Å². The van der Waals surface area contributed by atoms with E-state index in [-0.39, 0.29) is 11.8 Å². The van der Waals surface area contributed by atoms with Gasteiger partial charge in [-0.05, 0) is 6.42 Å². The van der Waals surface area contributed by atoms with Crippen LogP contribution in [0.2, 0.25) is 0 Å². The summed E-state index contributed by atoms with van der Waals surface area (Å²) in [7, 11) is -3.19. The number of hydrogen-bond donors (Lipinski definition) is 1. The highest BCUT2D eigenvalue weighted by Crippen LogP contribution is 2.14. The Hall–Kier alpha value is -1.19. The number of nitrogens with zero attached hydrogens (tertiary/aromatic N) is 3. The number of rotatable bonds is 6. The Morgan fingerprint density at radius 2 is 2.05 bits per heavy atom. The molecule has 1 saturated heterocycles. The number of carbonyl (C=O) groups excluding carboxylic acids is 1. The van der Waals surface area contributed by atoms with Gasteiger partial charge in [0.25, 0.3) is 0 Å². The van der Waals surface area contributed by atoms with Gasteiger partial charge in [-0.1, -0.05) is 19.8 Å². The zero-order valence-electron chi connectivity index (χ0n) is 12.7. The quantitative estimate of drug-likeness (QED) is 0.797. The van der Waals surface area contributed by atoms with E-state index in [9.17, 15) is 13.2 Å². The van der Waals surface area contributed by atoms with Gasteiger partial charge in [-0.2, -0.15) is 4.31 Å². The van der Waals surface area contributed by atoms with Gasteiger partial charge >= 0.3 is 6.03 Å². The Bertz CT molecular complexity index is 566. The fraction of sp³-hybridized carbons (Fsp3) is 0.692. The zero-order chi connectivity index (χ0) is 16.0. The Kier molecular flexibility index (Phi) is 6.16. The lowest BCUT2D eigenvalue weighted by Gasteiger charge is -2.33. The van der Waals surface area contributed by atoms with E-state index in [1.807, 2.05) is 6.92 Å². The molecule has 0 saturated carbocycles. The maximum absolute atomic E-state index is 12.2. The van der Waals surface area contributed by atoms with Crippen LogP contribution in [0.3, 0.4) is 0 Å². The summed E-state index contributed by atoms with van der Waals surface area (Å²) in [6, 6.07) is -0.224. The molecule has 0 spiro atoms. The topological polar surface area (TPSA) is 82.6 Å². The molecule has 0 atom stereocenters. The third-order valence-electron chi connectivity index (χ3n) is 3.57. The molecule has 0 bridgehead atoms. The molecule has 0 aliphatic carbocycles. The second-order valence-corrected chi connectivity index (χ2v) is 8.16. The number of carbonyl (C=O) groups is 1. The third-order valence-corrected chi connectivity index (χ3v) is 6.22. The third kappa shape index (κ3) is 4.65. The second-order valence-electron chi connectivity index (χ2n) is 5.18. The number of piperazine rings is 1. The molecule has 2 rings (SSSR count). The van der Waals surface area contributed by atoms with Gasteiger partial charge in [-0.15, -0.1) is 11.3 Å². The van der Waals surface area contributed by atoms with Crippen molar-refractivity contribution in [1.29, 1.82) is 0 Å². The van der Waals surface area contributed by atoms with E-state index in [4.69, 9.17) is 0 Å². The molecule has 1 aliphatic heterocycles. The summed E-state index contributed by atoms with van der Waals surface area (Å²) in [6.07, 6.45) is 4.25. The van der Waals surface area contributed by atoms with E-state index in [0.717, 1.165) is 12.8 Å². The molecule has 1 fully saturated rings. The number of aromatic nitrogens is 1. The monoisotopic (exact) mass is 346 g/mol. The highest BCUT2D eigenvalue weighted by atomic mass is 32.2. The summed E-state index contributed by atoms with van der Waals surface area (Å²) in [5.74, 6) is 0.201. The van der Waals surface area contributed by atoms with Gasteiger partial charge in [-0.25, -0.2) is 18.2 Å². The Morgan fingerprint density at radius 1 is 1.32 bits per heavy atom. The Labute approximate surface area is 135 Å². The van der Waals surface area contributed by atoms with Crippen molar-refractivity contribution in [3.05, 3.63) is 11.6 Å². The summed E-state index contributed by atoms with van der Waals surface area (Å²) in [6.45, 7) is 3.58. The average Bonchev–Trinajstić information content (AvgIpc) is 3.00. The molecule has 124 valence electrons. The van der Waals surface area contributed by atoms with Crippen LogP contribution in [-0.2, 0) is 10.0 Å². The minimum atomic E-state index is -3.19. The van der Waals surface area contributed by atoms with Crippen molar-refractivity contribution in [3.8, 4) is 0 Å². The van der Waals surface area contributed by atoms with Crippen LogP contribution in [0.25, 0.3) is 0 Å². The number of urea groups is 1. The molecular formula is C13H22N4O3S2. The average molecular weight is 346 g/mol. The fourth-order valence-corrected chi connectivity index (χ4v) is 4.35. The van der Waals surface area contributed by atoms with Crippen LogP contribution in [-0.4, -0.2) is 60.6 Å². The summed E-state index contributed by atoms with van der Waals surface area (Å²) >= 11 is 1.36. The molecule has 2 amide bonds. The van der Waals surface area contributed by atoms with Crippen LogP contribution in [0.1, 0.15) is 26.2 Å². The molecule has 0 unspecified atom stereocenters. The van der Waals surface area contributed by atoms with Crippen molar-refractivity contribution in [2.45, 2.75) is 26.2 Å². The largest absolute Gasteiger partial charge is 0.323 e. The molecule has 7 nitrogen and oxygen atoms in total. The Morgan fingerprint density at radius 3 is 2.64 bits per heavy atom. The van der Waals surface area contributed by atoms with Crippen molar-refractivity contribution in [3.63, 3.8) is 0 Å². The number of nitrogens with one attached hydrogen (secondary N) is 1. The normalized spacial score (nSPS) is 16.7. The predicted octanol–water partition coefficient (Wildman–Crippen LogP) is 1.81. The highest BCUT2D eigenvalue weighted by molar-refractivity contribution is 7.89. The Balaban J connectivity index is 1.81.